The maximum atomic E-state index is 11.0. The van der Waals surface area contributed by atoms with Crippen molar-refractivity contribution in [1.29, 1.82) is 0 Å². The van der Waals surface area contributed by atoms with Crippen LogP contribution in [-0.4, -0.2) is 11.9 Å². The van der Waals surface area contributed by atoms with Crippen molar-refractivity contribution in [2.24, 2.45) is 0 Å². The molecular weight excluding hydrogens is 271 g/mol. The van der Waals surface area contributed by atoms with Crippen LogP contribution in [0.1, 0.15) is 20.7 Å². The molecular formula is C8H3IO3. The topological polar surface area (TPSA) is 43.4 Å². The summed E-state index contributed by atoms with van der Waals surface area (Å²) in [5.74, 6) is -1.10. The number of hydrogen-bond acceptors (Lipinski definition) is 3. The number of hydrogen-bond donors (Lipinski definition) is 0. The first kappa shape index (κ1) is 7.72. The van der Waals surface area contributed by atoms with E-state index in [0.717, 1.165) is 3.57 Å². The van der Waals surface area contributed by atoms with Crippen molar-refractivity contribution in [1.82, 2.24) is 0 Å². The Balaban J connectivity index is 2.68. The van der Waals surface area contributed by atoms with Gasteiger partial charge in [0.05, 0.1) is 11.1 Å². The Hall–Kier alpha value is -0.910. The molecule has 0 fully saturated rings. The van der Waals surface area contributed by atoms with E-state index in [1.807, 2.05) is 0 Å². The molecule has 0 aliphatic carbocycles. The molecule has 1 aromatic rings. The lowest BCUT2D eigenvalue weighted by Gasteiger charge is -1.91. The third kappa shape index (κ3) is 1.03. The lowest BCUT2D eigenvalue weighted by molar-refractivity contribution is 0.0444. The Morgan fingerprint density at radius 2 is 1.75 bits per heavy atom. The minimum atomic E-state index is -0.550. The predicted octanol–water partition coefficient (Wildman–Crippen LogP) is 1.60. The van der Waals surface area contributed by atoms with Crippen LogP contribution < -0.4 is 0 Å². The van der Waals surface area contributed by atoms with Crippen LogP contribution in [0, 0.1) is 3.57 Å². The molecule has 0 amide bonds. The lowest BCUT2D eigenvalue weighted by atomic mass is 10.1. The summed E-state index contributed by atoms with van der Waals surface area (Å²) in [5, 5.41) is 0. The quantitative estimate of drug-likeness (QED) is 0.410. The fourth-order valence-corrected chi connectivity index (χ4v) is 1.55. The number of cyclic esters (lactones) is 2. The van der Waals surface area contributed by atoms with Gasteiger partial charge in [-0.05, 0) is 40.8 Å². The first-order valence-electron chi connectivity index (χ1n) is 3.24. The van der Waals surface area contributed by atoms with Crippen molar-refractivity contribution in [3.8, 4) is 0 Å². The summed E-state index contributed by atoms with van der Waals surface area (Å²) in [4.78, 5) is 21.9. The SMILES string of the molecule is O=C1OC(=O)c2cc(I)ccc21. The second kappa shape index (κ2) is 2.55. The molecule has 1 aliphatic heterocycles. The van der Waals surface area contributed by atoms with Gasteiger partial charge < -0.3 is 4.74 Å². The van der Waals surface area contributed by atoms with E-state index in [1.165, 1.54) is 0 Å². The Morgan fingerprint density at radius 3 is 2.50 bits per heavy atom. The number of benzene rings is 1. The molecule has 12 heavy (non-hydrogen) atoms. The minimum absolute atomic E-state index is 0.361. The van der Waals surface area contributed by atoms with Gasteiger partial charge in [0.25, 0.3) is 0 Å². The second-order valence-corrected chi connectivity index (χ2v) is 3.61. The molecule has 0 aromatic heterocycles. The van der Waals surface area contributed by atoms with Crippen LogP contribution in [0.4, 0.5) is 0 Å². The molecule has 0 bridgehead atoms. The molecule has 0 atom stereocenters. The highest BCUT2D eigenvalue weighted by molar-refractivity contribution is 14.1. The molecule has 1 aliphatic rings. The summed E-state index contributed by atoms with van der Waals surface area (Å²) in [7, 11) is 0. The van der Waals surface area contributed by atoms with E-state index in [4.69, 9.17) is 0 Å². The summed E-state index contributed by atoms with van der Waals surface area (Å²) < 4.78 is 5.32. The molecule has 1 heterocycles. The van der Waals surface area contributed by atoms with E-state index in [-0.39, 0.29) is 0 Å². The van der Waals surface area contributed by atoms with Crippen LogP contribution in [0.5, 0.6) is 0 Å². The van der Waals surface area contributed by atoms with E-state index < -0.39 is 11.9 Å². The van der Waals surface area contributed by atoms with Gasteiger partial charge in [0.2, 0.25) is 0 Å². The number of esters is 2. The van der Waals surface area contributed by atoms with Crippen molar-refractivity contribution in [3.63, 3.8) is 0 Å². The number of halogens is 1. The molecule has 0 unspecified atom stereocenters. The van der Waals surface area contributed by atoms with Crippen LogP contribution in [0.25, 0.3) is 0 Å². The monoisotopic (exact) mass is 274 g/mol. The minimum Gasteiger partial charge on any atom is -0.386 e. The fourth-order valence-electron chi connectivity index (χ4n) is 1.06. The molecule has 0 N–H and O–H groups in total. The largest absolute Gasteiger partial charge is 0.386 e. The maximum absolute atomic E-state index is 11.0. The second-order valence-electron chi connectivity index (χ2n) is 2.37. The molecule has 60 valence electrons. The molecule has 0 saturated heterocycles. The van der Waals surface area contributed by atoms with Gasteiger partial charge >= 0.3 is 11.9 Å². The van der Waals surface area contributed by atoms with Crippen LogP contribution in [0.15, 0.2) is 18.2 Å². The number of rotatable bonds is 0. The lowest BCUT2D eigenvalue weighted by Crippen LogP contribution is -1.96. The van der Waals surface area contributed by atoms with E-state index in [9.17, 15) is 9.59 Å². The van der Waals surface area contributed by atoms with Gasteiger partial charge in [-0.3, -0.25) is 0 Å². The molecule has 0 spiro atoms. The standard InChI is InChI=1S/C8H3IO3/c9-4-1-2-5-6(3-4)8(11)12-7(5)10/h1-3H. The molecule has 4 heteroatoms. The highest BCUT2D eigenvalue weighted by Crippen LogP contribution is 2.21. The number of carbonyl (C=O) groups excluding carboxylic acids is 2. The zero-order chi connectivity index (χ0) is 8.72. The molecule has 3 nitrogen and oxygen atoms in total. The first-order valence-corrected chi connectivity index (χ1v) is 4.32. The average molecular weight is 274 g/mol. The average Bonchev–Trinajstić information content (AvgIpc) is 2.28. The Morgan fingerprint density at radius 1 is 1.08 bits per heavy atom. The zero-order valence-corrected chi connectivity index (χ0v) is 7.99. The van der Waals surface area contributed by atoms with Gasteiger partial charge in [0, 0.05) is 3.57 Å². The Labute approximate surface area is 81.9 Å². The Kier molecular flexibility index (Phi) is 1.64. The predicted molar refractivity (Wildman–Crippen MR) is 48.9 cm³/mol. The summed E-state index contributed by atoms with van der Waals surface area (Å²) in [6, 6.07) is 5.01. The summed E-state index contributed by atoms with van der Waals surface area (Å²) >= 11 is 2.07. The third-order valence-corrected chi connectivity index (χ3v) is 2.28. The highest BCUT2D eigenvalue weighted by atomic mass is 127. The summed E-state index contributed by atoms with van der Waals surface area (Å²) in [6.07, 6.45) is 0. The summed E-state index contributed by atoms with van der Waals surface area (Å²) in [5.41, 5.74) is 0.729. The van der Waals surface area contributed by atoms with Crippen molar-refractivity contribution in [2.45, 2.75) is 0 Å². The van der Waals surface area contributed by atoms with Crippen molar-refractivity contribution in [2.75, 3.05) is 0 Å². The van der Waals surface area contributed by atoms with E-state index >= 15 is 0 Å². The van der Waals surface area contributed by atoms with E-state index in [1.54, 1.807) is 18.2 Å². The van der Waals surface area contributed by atoms with Crippen molar-refractivity contribution in [3.05, 3.63) is 32.9 Å². The van der Waals surface area contributed by atoms with E-state index in [0.29, 0.717) is 11.1 Å². The highest BCUT2D eigenvalue weighted by Gasteiger charge is 2.29. The maximum Gasteiger partial charge on any atom is 0.346 e. The number of carbonyl (C=O) groups is 2. The van der Waals surface area contributed by atoms with Gasteiger partial charge in [0.15, 0.2) is 0 Å². The number of ether oxygens (including phenoxy) is 1. The molecule has 0 radical (unpaired) electrons. The number of fused-ring (bicyclic) bond motifs is 1. The van der Waals surface area contributed by atoms with Gasteiger partial charge in [-0.2, -0.15) is 0 Å². The Bertz CT molecular complexity index is 384. The van der Waals surface area contributed by atoms with Crippen molar-refractivity contribution >= 4 is 34.5 Å². The van der Waals surface area contributed by atoms with Gasteiger partial charge in [-0.25, -0.2) is 9.59 Å². The fraction of sp³-hybridized carbons (Fsp3) is 0. The summed E-state index contributed by atoms with van der Waals surface area (Å²) in [6.45, 7) is 0. The normalized spacial score (nSPS) is 14.4. The molecule has 1 aromatic carbocycles. The van der Waals surface area contributed by atoms with Crippen LogP contribution in [0.3, 0.4) is 0 Å². The van der Waals surface area contributed by atoms with Gasteiger partial charge in [0.1, 0.15) is 0 Å². The van der Waals surface area contributed by atoms with Crippen LogP contribution in [0.2, 0.25) is 0 Å². The van der Waals surface area contributed by atoms with Gasteiger partial charge in [-0.15, -0.1) is 0 Å². The van der Waals surface area contributed by atoms with Crippen LogP contribution in [-0.2, 0) is 4.74 Å². The third-order valence-electron chi connectivity index (χ3n) is 1.61. The first-order chi connectivity index (χ1) is 5.68. The van der Waals surface area contributed by atoms with Gasteiger partial charge in [-0.1, -0.05) is 0 Å². The van der Waals surface area contributed by atoms with Crippen molar-refractivity contribution < 1.29 is 14.3 Å². The smallest absolute Gasteiger partial charge is 0.346 e. The zero-order valence-electron chi connectivity index (χ0n) is 5.83. The molecule has 0 saturated carbocycles. The van der Waals surface area contributed by atoms with Crippen LogP contribution >= 0.6 is 22.6 Å². The molecule has 2 rings (SSSR count). The van der Waals surface area contributed by atoms with E-state index in [2.05, 4.69) is 27.3 Å².